The lowest BCUT2D eigenvalue weighted by molar-refractivity contribution is -0.133. The first-order valence-electron chi connectivity index (χ1n) is 6.91. The molecule has 4 rings (SSSR count). The van der Waals surface area contributed by atoms with Crippen molar-refractivity contribution in [3.05, 3.63) is 34.8 Å². The van der Waals surface area contributed by atoms with Crippen molar-refractivity contribution in [2.45, 2.75) is 12.5 Å². The Morgan fingerprint density at radius 1 is 1.32 bits per heavy atom. The Labute approximate surface area is 129 Å². The number of aromatic amines is 1. The number of nitrogens with one attached hydrogen (secondary N) is 1. The Hall–Kier alpha value is -1.99. The molecule has 0 spiro atoms. The Balaban J connectivity index is 1.56. The molecule has 0 aliphatic carbocycles. The van der Waals surface area contributed by atoms with Crippen molar-refractivity contribution >= 4 is 28.1 Å². The summed E-state index contributed by atoms with van der Waals surface area (Å²) in [5, 5.41) is 2.92. The molecule has 0 radical (unpaired) electrons. The molecular formula is C15H14F2N4S. The predicted molar refractivity (Wildman–Crippen MR) is 84.0 cm³/mol. The van der Waals surface area contributed by atoms with Gasteiger partial charge in [-0.15, -0.1) is 11.3 Å². The van der Waals surface area contributed by atoms with Crippen LogP contribution in [0, 0.1) is 0 Å². The van der Waals surface area contributed by atoms with Crippen molar-refractivity contribution in [3.63, 3.8) is 0 Å². The van der Waals surface area contributed by atoms with Gasteiger partial charge in [-0.2, -0.15) is 0 Å². The highest BCUT2D eigenvalue weighted by Crippen LogP contribution is 2.32. The number of rotatable bonds is 3. The van der Waals surface area contributed by atoms with Gasteiger partial charge in [0, 0.05) is 34.8 Å². The zero-order valence-corrected chi connectivity index (χ0v) is 12.5. The van der Waals surface area contributed by atoms with E-state index in [1.807, 2.05) is 17.5 Å². The van der Waals surface area contributed by atoms with Crippen LogP contribution in [0.15, 0.2) is 29.9 Å². The number of pyridine rings is 1. The number of H-pyrrole nitrogens is 1. The molecule has 4 heterocycles. The molecule has 0 unspecified atom stereocenters. The summed E-state index contributed by atoms with van der Waals surface area (Å²) in [6.07, 6.45) is 3.52. The number of thiophene rings is 1. The van der Waals surface area contributed by atoms with Gasteiger partial charge in [-0.25, -0.2) is 13.8 Å². The van der Waals surface area contributed by atoms with E-state index in [1.54, 1.807) is 28.6 Å². The summed E-state index contributed by atoms with van der Waals surface area (Å²) in [6, 6.07) is 4.03. The summed E-state index contributed by atoms with van der Waals surface area (Å²) in [4.78, 5) is 10.2. The van der Waals surface area contributed by atoms with Gasteiger partial charge in [0.05, 0.1) is 18.8 Å². The van der Waals surface area contributed by atoms with Crippen LogP contribution in [0.4, 0.5) is 14.5 Å². The second kappa shape index (κ2) is 4.76. The van der Waals surface area contributed by atoms with E-state index in [0.29, 0.717) is 12.2 Å². The molecule has 1 saturated heterocycles. The van der Waals surface area contributed by atoms with E-state index < -0.39 is 5.92 Å². The van der Waals surface area contributed by atoms with Crippen LogP contribution in [0.2, 0.25) is 0 Å². The van der Waals surface area contributed by atoms with Crippen LogP contribution in [-0.2, 0) is 6.54 Å². The average Bonchev–Trinajstić information content (AvgIpc) is 3.04. The van der Waals surface area contributed by atoms with Gasteiger partial charge in [0.25, 0.3) is 5.92 Å². The van der Waals surface area contributed by atoms with Crippen molar-refractivity contribution in [2.24, 2.45) is 0 Å². The minimum Gasteiger partial charge on any atom is -0.397 e. The fourth-order valence-corrected chi connectivity index (χ4v) is 3.67. The molecule has 3 aromatic heterocycles. The van der Waals surface area contributed by atoms with Gasteiger partial charge >= 0.3 is 0 Å². The number of alkyl halides is 2. The molecule has 3 aromatic rings. The largest absolute Gasteiger partial charge is 0.397 e. The Morgan fingerprint density at radius 3 is 2.91 bits per heavy atom. The number of aromatic nitrogens is 2. The second-order valence-electron chi connectivity index (χ2n) is 5.67. The SMILES string of the molecule is Nc1c[nH]c2ncc(-c3csc(CN4CC(F)(F)C4)c3)cc12. The summed E-state index contributed by atoms with van der Waals surface area (Å²) < 4.78 is 25.7. The zero-order chi connectivity index (χ0) is 15.3. The number of hydrogen-bond donors (Lipinski definition) is 2. The van der Waals surface area contributed by atoms with Crippen molar-refractivity contribution in [1.29, 1.82) is 0 Å². The Kier molecular flexibility index (Phi) is 2.95. The minimum absolute atomic E-state index is 0.145. The highest BCUT2D eigenvalue weighted by atomic mass is 32.1. The number of likely N-dealkylation sites (tertiary alicyclic amines) is 1. The van der Waals surface area contributed by atoms with E-state index in [0.717, 1.165) is 27.0 Å². The number of nitrogen functional groups attached to an aromatic ring is 1. The number of halogens is 2. The van der Waals surface area contributed by atoms with Crippen molar-refractivity contribution < 1.29 is 8.78 Å². The number of anilines is 1. The molecule has 0 saturated carbocycles. The van der Waals surface area contributed by atoms with E-state index in [2.05, 4.69) is 9.97 Å². The Bertz CT molecular complexity index is 831. The number of nitrogens with zero attached hydrogens (tertiary/aromatic N) is 2. The summed E-state index contributed by atoms with van der Waals surface area (Å²) >= 11 is 1.58. The van der Waals surface area contributed by atoms with Gasteiger partial charge in [-0.3, -0.25) is 4.90 Å². The van der Waals surface area contributed by atoms with E-state index in [1.165, 1.54) is 0 Å². The first-order chi connectivity index (χ1) is 10.5. The maximum absolute atomic E-state index is 12.9. The monoisotopic (exact) mass is 320 g/mol. The first-order valence-corrected chi connectivity index (χ1v) is 7.79. The molecule has 0 atom stereocenters. The van der Waals surface area contributed by atoms with Gasteiger partial charge in [-0.1, -0.05) is 0 Å². The predicted octanol–water partition coefficient (Wildman–Crippen LogP) is 3.32. The van der Waals surface area contributed by atoms with Crippen LogP contribution in [-0.4, -0.2) is 33.9 Å². The molecule has 1 aliphatic rings. The summed E-state index contributed by atoms with van der Waals surface area (Å²) in [5.41, 5.74) is 9.36. The smallest absolute Gasteiger partial charge is 0.272 e. The molecule has 4 nitrogen and oxygen atoms in total. The van der Waals surface area contributed by atoms with Gasteiger partial charge in [0.2, 0.25) is 0 Å². The lowest BCUT2D eigenvalue weighted by Crippen LogP contribution is -2.55. The third kappa shape index (κ3) is 2.36. The Morgan fingerprint density at radius 2 is 2.14 bits per heavy atom. The number of hydrogen-bond acceptors (Lipinski definition) is 4. The summed E-state index contributed by atoms with van der Waals surface area (Å²) in [7, 11) is 0. The highest BCUT2D eigenvalue weighted by Gasteiger charge is 2.43. The lowest BCUT2D eigenvalue weighted by Gasteiger charge is -2.38. The fourth-order valence-electron chi connectivity index (χ4n) is 2.74. The molecule has 0 aromatic carbocycles. The van der Waals surface area contributed by atoms with Gasteiger partial charge in [0.1, 0.15) is 5.65 Å². The molecule has 22 heavy (non-hydrogen) atoms. The van der Waals surface area contributed by atoms with Crippen LogP contribution >= 0.6 is 11.3 Å². The zero-order valence-electron chi connectivity index (χ0n) is 11.6. The van der Waals surface area contributed by atoms with Crippen molar-refractivity contribution in [1.82, 2.24) is 14.9 Å². The van der Waals surface area contributed by atoms with Gasteiger partial charge in [0.15, 0.2) is 0 Å². The van der Waals surface area contributed by atoms with E-state index in [9.17, 15) is 8.78 Å². The molecule has 1 aliphatic heterocycles. The standard InChI is InChI=1S/C15H14F2N4S/c16-15(17)7-21(8-15)5-11-1-10(6-22-11)9-2-12-13(18)4-20-14(12)19-3-9/h1-4,6H,5,7-8,18H2,(H,19,20). The van der Waals surface area contributed by atoms with Crippen molar-refractivity contribution in [3.8, 4) is 11.1 Å². The molecule has 1 fully saturated rings. The maximum Gasteiger partial charge on any atom is 0.272 e. The maximum atomic E-state index is 12.9. The van der Waals surface area contributed by atoms with Crippen LogP contribution in [0.3, 0.4) is 0 Å². The number of fused-ring (bicyclic) bond motifs is 1. The third-order valence-corrected chi connectivity index (χ3v) is 4.76. The third-order valence-electron chi connectivity index (χ3n) is 3.84. The molecule has 114 valence electrons. The van der Waals surface area contributed by atoms with Crippen molar-refractivity contribution in [2.75, 3.05) is 18.8 Å². The quantitative estimate of drug-likeness (QED) is 0.778. The minimum atomic E-state index is -2.51. The molecule has 0 bridgehead atoms. The van der Waals surface area contributed by atoms with Crippen LogP contribution in [0.1, 0.15) is 4.88 Å². The number of nitrogens with two attached hydrogens (primary N) is 1. The van der Waals surface area contributed by atoms with Crippen LogP contribution in [0.5, 0.6) is 0 Å². The molecular weight excluding hydrogens is 306 g/mol. The summed E-state index contributed by atoms with van der Waals surface area (Å²) in [6.45, 7) is 0.281. The second-order valence-corrected chi connectivity index (χ2v) is 6.66. The molecule has 3 N–H and O–H groups in total. The molecule has 0 amide bonds. The lowest BCUT2D eigenvalue weighted by atomic mass is 10.1. The van der Waals surface area contributed by atoms with Crippen LogP contribution < -0.4 is 5.73 Å². The topological polar surface area (TPSA) is 57.9 Å². The van der Waals surface area contributed by atoms with E-state index in [-0.39, 0.29) is 13.1 Å². The fraction of sp³-hybridized carbons (Fsp3) is 0.267. The van der Waals surface area contributed by atoms with E-state index in [4.69, 9.17) is 5.73 Å². The van der Waals surface area contributed by atoms with Gasteiger partial charge in [-0.05, 0) is 23.1 Å². The molecule has 7 heteroatoms. The van der Waals surface area contributed by atoms with Gasteiger partial charge < -0.3 is 10.7 Å². The first kappa shape index (κ1) is 13.7. The van der Waals surface area contributed by atoms with Crippen LogP contribution in [0.25, 0.3) is 22.2 Å². The average molecular weight is 320 g/mol. The summed E-state index contributed by atoms with van der Waals surface area (Å²) in [5.74, 6) is -2.51. The normalized spacial score (nSPS) is 17.7. The van der Waals surface area contributed by atoms with E-state index >= 15 is 0 Å². The highest BCUT2D eigenvalue weighted by molar-refractivity contribution is 7.10.